The summed E-state index contributed by atoms with van der Waals surface area (Å²) in [7, 11) is 2.01. The molecule has 1 heterocycles. The number of hydrogen-bond acceptors (Lipinski definition) is 3. The summed E-state index contributed by atoms with van der Waals surface area (Å²) in [6.45, 7) is 1.37. The number of pyridine rings is 1. The lowest BCUT2D eigenvalue weighted by Gasteiger charge is -2.19. The van der Waals surface area contributed by atoms with E-state index in [9.17, 15) is 4.79 Å². The van der Waals surface area contributed by atoms with Gasteiger partial charge in [-0.05, 0) is 24.3 Å². The molecule has 0 atom stereocenters. The number of carbonyl (C=O) groups is 1. The van der Waals surface area contributed by atoms with Crippen LogP contribution < -0.4 is 10.2 Å². The summed E-state index contributed by atoms with van der Waals surface area (Å²) in [6.07, 6.45) is 3.23. The largest absolute Gasteiger partial charge is 0.373 e. The molecule has 0 aliphatic carbocycles. The highest BCUT2D eigenvalue weighted by molar-refractivity contribution is 5.93. The summed E-state index contributed by atoms with van der Waals surface area (Å²) >= 11 is 0. The summed E-state index contributed by atoms with van der Waals surface area (Å²) in [5.41, 5.74) is 1.78. The molecule has 1 amide bonds. The van der Waals surface area contributed by atoms with Crippen LogP contribution in [-0.2, 0) is 0 Å². The van der Waals surface area contributed by atoms with Gasteiger partial charge in [0, 0.05) is 43.8 Å². The maximum absolute atomic E-state index is 11.8. The second-order valence-corrected chi connectivity index (χ2v) is 4.25. The fourth-order valence-corrected chi connectivity index (χ4v) is 1.75. The lowest BCUT2D eigenvalue weighted by atomic mass is 10.2. The van der Waals surface area contributed by atoms with E-state index >= 15 is 0 Å². The van der Waals surface area contributed by atoms with E-state index < -0.39 is 0 Å². The van der Waals surface area contributed by atoms with Crippen molar-refractivity contribution in [1.82, 2.24) is 10.3 Å². The zero-order valence-electron chi connectivity index (χ0n) is 10.9. The van der Waals surface area contributed by atoms with Crippen LogP contribution >= 0.6 is 0 Å². The lowest BCUT2D eigenvalue weighted by molar-refractivity contribution is 0.0954. The minimum Gasteiger partial charge on any atom is -0.373 e. The van der Waals surface area contributed by atoms with Gasteiger partial charge in [-0.25, -0.2) is 0 Å². The monoisotopic (exact) mass is 255 g/mol. The SMILES string of the molecule is CN(CCNC(=O)c1ccncc1)c1ccccc1. The number of aromatic nitrogens is 1. The average Bonchev–Trinajstić information content (AvgIpc) is 2.49. The van der Waals surface area contributed by atoms with E-state index in [1.54, 1.807) is 24.5 Å². The molecule has 0 fully saturated rings. The second-order valence-electron chi connectivity index (χ2n) is 4.25. The Balaban J connectivity index is 1.79. The van der Waals surface area contributed by atoms with Gasteiger partial charge in [0.05, 0.1) is 0 Å². The number of nitrogens with one attached hydrogen (secondary N) is 1. The first-order chi connectivity index (χ1) is 9.27. The molecule has 0 saturated heterocycles. The molecule has 2 rings (SSSR count). The van der Waals surface area contributed by atoms with E-state index in [0.717, 1.165) is 12.2 Å². The number of nitrogens with zero attached hydrogens (tertiary/aromatic N) is 2. The van der Waals surface area contributed by atoms with Gasteiger partial charge in [0.25, 0.3) is 5.91 Å². The van der Waals surface area contributed by atoms with Gasteiger partial charge in [0.15, 0.2) is 0 Å². The first-order valence-corrected chi connectivity index (χ1v) is 6.22. The molecular formula is C15H17N3O. The predicted octanol–water partition coefficient (Wildman–Crippen LogP) is 1.95. The Kier molecular flexibility index (Phi) is 4.50. The Labute approximate surface area is 113 Å². The van der Waals surface area contributed by atoms with E-state index in [2.05, 4.69) is 15.2 Å². The van der Waals surface area contributed by atoms with Crippen molar-refractivity contribution < 1.29 is 4.79 Å². The molecule has 4 heteroatoms. The predicted molar refractivity (Wildman–Crippen MR) is 76.3 cm³/mol. The number of rotatable bonds is 5. The van der Waals surface area contributed by atoms with E-state index in [1.807, 2.05) is 37.4 Å². The lowest BCUT2D eigenvalue weighted by Crippen LogP contribution is -2.32. The van der Waals surface area contributed by atoms with Gasteiger partial charge < -0.3 is 10.2 Å². The minimum atomic E-state index is -0.0659. The summed E-state index contributed by atoms with van der Waals surface area (Å²) in [5, 5.41) is 2.89. The number of benzene rings is 1. The van der Waals surface area contributed by atoms with Gasteiger partial charge in [-0.1, -0.05) is 18.2 Å². The van der Waals surface area contributed by atoms with Crippen LogP contribution in [0.15, 0.2) is 54.9 Å². The van der Waals surface area contributed by atoms with E-state index in [4.69, 9.17) is 0 Å². The molecule has 98 valence electrons. The molecule has 1 N–H and O–H groups in total. The first kappa shape index (κ1) is 13.1. The maximum Gasteiger partial charge on any atom is 0.251 e. The molecule has 0 spiro atoms. The number of hydrogen-bond donors (Lipinski definition) is 1. The highest BCUT2D eigenvalue weighted by Gasteiger charge is 2.04. The van der Waals surface area contributed by atoms with Gasteiger partial charge in [-0.3, -0.25) is 9.78 Å². The Morgan fingerprint density at radius 1 is 1.16 bits per heavy atom. The van der Waals surface area contributed by atoms with Crippen molar-refractivity contribution in [3.8, 4) is 0 Å². The van der Waals surface area contributed by atoms with E-state index in [1.165, 1.54) is 0 Å². The Morgan fingerprint density at radius 2 is 1.84 bits per heavy atom. The molecule has 0 unspecified atom stereocenters. The van der Waals surface area contributed by atoms with Gasteiger partial charge in [-0.15, -0.1) is 0 Å². The van der Waals surface area contributed by atoms with Crippen molar-refractivity contribution in [3.05, 3.63) is 60.4 Å². The first-order valence-electron chi connectivity index (χ1n) is 6.22. The van der Waals surface area contributed by atoms with Gasteiger partial charge in [0.1, 0.15) is 0 Å². The number of likely N-dealkylation sites (N-methyl/N-ethyl adjacent to an activating group) is 1. The van der Waals surface area contributed by atoms with Crippen molar-refractivity contribution in [3.63, 3.8) is 0 Å². The molecular weight excluding hydrogens is 238 g/mol. The van der Waals surface area contributed by atoms with E-state index in [-0.39, 0.29) is 5.91 Å². The van der Waals surface area contributed by atoms with Crippen LogP contribution in [-0.4, -0.2) is 31.0 Å². The molecule has 0 saturated carbocycles. The third-order valence-corrected chi connectivity index (χ3v) is 2.87. The fourth-order valence-electron chi connectivity index (χ4n) is 1.75. The summed E-state index contributed by atoms with van der Waals surface area (Å²) in [6, 6.07) is 13.5. The summed E-state index contributed by atoms with van der Waals surface area (Å²) < 4.78 is 0. The molecule has 0 aliphatic heterocycles. The molecule has 0 bridgehead atoms. The van der Waals surface area contributed by atoms with Crippen LogP contribution in [0.25, 0.3) is 0 Å². The Morgan fingerprint density at radius 3 is 2.53 bits per heavy atom. The summed E-state index contributed by atoms with van der Waals surface area (Å²) in [5.74, 6) is -0.0659. The fraction of sp³-hybridized carbons (Fsp3) is 0.200. The molecule has 0 aliphatic rings. The number of carbonyl (C=O) groups excluding carboxylic acids is 1. The van der Waals surface area contributed by atoms with Crippen LogP contribution in [0.2, 0.25) is 0 Å². The third-order valence-electron chi connectivity index (χ3n) is 2.87. The molecule has 1 aromatic heterocycles. The molecule has 1 aromatic carbocycles. The van der Waals surface area contributed by atoms with Crippen molar-refractivity contribution in [2.24, 2.45) is 0 Å². The smallest absolute Gasteiger partial charge is 0.251 e. The number of anilines is 1. The van der Waals surface area contributed by atoms with Crippen LogP contribution in [0.5, 0.6) is 0 Å². The molecule has 4 nitrogen and oxygen atoms in total. The zero-order valence-corrected chi connectivity index (χ0v) is 10.9. The second kappa shape index (κ2) is 6.54. The molecule has 2 aromatic rings. The van der Waals surface area contributed by atoms with Crippen LogP contribution in [0.1, 0.15) is 10.4 Å². The molecule has 19 heavy (non-hydrogen) atoms. The standard InChI is InChI=1S/C15H17N3O/c1-18(14-5-3-2-4-6-14)12-11-17-15(19)13-7-9-16-10-8-13/h2-10H,11-12H2,1H3,(H,17,19). The van der Waals surface area contributed by atoms with Crippen molar-refractivity contribution in [2.45, 2.75) is 0 Å². The molecule has 0 radical (unpaired) electrons. The Hall–Kier alpha value is -2.36. The van der Waals surface area contributed by atoms with Crippen LogP contribution in [0, 0.1) is 0 Å². The van der Waals surface area contributed by atoms with Crippen molar-refractivity contribution in [2.75, 3.05) is 25.0 Å². The van der Waals surface area contributed by atoms with Gasteiger partial charge in [0.2, 0.25) is 0 Å². The average molecular weight is 255 g/mol. The van der Waals surface area contributed by atoms with Crippen LogP contribution in [0.3, 0.4) is 0 Å². The number of amides is 1. The van der Waals surface area contributed by atoms with Gasteiger partial charge in [-0.2, -0.15) is 0 Å². The third kappa shape index (κ3) is 3.81. The minimum absolute atomic E-state index is 0.0659. The normalized spacial score (nSPS) is 9.95. The van der Waals surface area contributed by atoms with Crippen molar-refractivity contribution >= 4 is 11.6 Å². The highest BCUT2D eigenvalue weighted by Crippen LogP contribution is 2.09. The topological polar surface area (TPSA) is 45.2 Å². The zero-order chi connectivity index (χ0) is 13.5. The quantitative estimate of drug-likeness (QED) is 0.888. The number of para-hydroxylation sites is 1. The summed E-state index contributed by atoms with van der Waals surface area (Å²) in [4.78, 5) is 17.8. The van der Waals surface area contributed by atoms with Crippen molar-refractivity contribution in [1.29, 1.82) is 0 Å². The highest BCUT2D eigenvalue weighted by atomic mass is 16.1. The van der Waals surface area contributed by atoms with Gasteiger partial charge >= 0.3 is 0 Å². The van der Waals surface area contributed by atoms with Crippen LogP contribution in [0.4, 0.5) is 5.69 Å². The Bertz CT molecular complexity index is 513. The maximum atomic E-state index is 11.8. The van der Waals surface area contributed by atoms with E-state index in [0.29, 0.717) is 12.1 Å².